The predicted octanol–water partition coefficient (Wildman–Crippen LogP) is 4.18. The second kappa shape index (κ2) is 36.2. The van der Waals surface area contributed by atoms with Crippen LogP contribution in [0.3, 0.4) is 0 Å². The van der Waals surface area contributed by atoms with E-state index in [0.29, 0.717) is 24.2 Å². The normalized spacial score (nSPS) is 31.2. The van der Waals surface area contributed by atoms with Crippen LogP contribution < -0.4 is 32.2 Å². The summed E-state index contributed by atoms with van der Waals surface area (Å²) in [5.41, 5.74) is 12.8. The van der Waals surface area contributed by atoms with E-state index >= 15 is 0 Å². The zero-order valence-corrected chi connectivity index (χ0v) is 72.7. The lowest BCUT2D eigenvalue weighted by Gasteiger charge is -2.43. The Morgan fingerprint density at radius 3 is 1.64 bits per heavy atom. The number of methoxy groups -OCH3 is 1. The molecule has 10 aliphatic heterocycles. The van der Waals surface area contributed by atoms with Gasteiger partial charge in [-0.05, 0) is 79.6 Å². The molecule has 0 unspecified atom stereocenters. The summed E-state index contributed by atoms with van der Waals surface area (Å²) in [6.07, 6.45) is 4.77. The van der Waals surface area contributed by atoms with E-state index in [0.717, 1.165) is 18.0 Å². The average Bonchev–Trinajstić information content (AvgIpc) is 1.54. The largest absolute Gasteiger partial charge is 0.507 e. The van der Waals surface area contributed by atoms with Crippen LogP contribution in [0.1, 0.15) is 141 Å². The number of amides is 6. The van der Waals surface area contributed by atoms with Gasteiger partial charge in [0.05, 0.1) is 64.2 Å². The van der Waals surface area contributed by atoms with Gasteiger partial charge in [-0.25, -0.2) is 22.8 Å². The molecule has 0 radical (unpaired) electrons. The number of aromatic hydroxyl groups is 3. The van der Waals surface area contributed by atoms with Crippen molar-refractivity contribution in [2.75, 3.05) is 45.7 Å². The first kappa shape index (κ1) is 93.9. The number of β-lactam (4-membered cyclic amide) rings is 3. The molecule has 4 aromatic rings. The summed E-state index contributed by atoms with van der Waals surface area (Å²) in [5.74, 6) is -13.7. The number of aliphatic carboxylic acids is 3. The fourth-order valence-corrected chi connectivity index (χ4v) is 21.9. The maximum atomic E-state index is 14.4. The first-order chi connectivity index (χ1) is 56.9. The number of nitrogens with zero attached hydrogens (tertiary/aromatic N) is 6. The number of anilines is 1. The average molecular weight is 1760 g/mol. The number of hydrogen-bond acceptors (Lipinski definition) is 29. The highest BCUT2D eigenvalue weighted by molar-refractivity contribution is 8.02. The van der Waals surface area contributed by atoms with Crippen LogP contribution in [-0.4, -0.2) is 276 Å². The predicted molar refractivity (Wildman–Crippen MR) is 448 cm³/mol. The Labute approximate surface area is 713 Å². The molecule has 0 saturated carbocycles. The molecule has 6 amide bonds. The van der Waals surface area contributed by atoms with Crippen LogP contribution in [0.2, 0.25) is 0 Å². The molecule has 10 aliphatic rings. The van der Waals surface area contributed by atoms with Gasteiger partial charge in [-0.3, -0.25) is 43.4 Å². The number of carbonyl (C=O) groups excluding carboxylic acids is 8. The van der Waals surface area contributed by atoms with Gasteiger partial charge >= 0.3 is 29.7 Å². The number of esters is 1. The summed E-state index contributed by atoms with van der Waals surface area (Å²) in [4.78, 5) is 141. The van der Waals surface area contributed by atoms with Crippen molar-refractivity contribution in [1.82, 2.24) is 35.2 Å². The third-order valence-electron chi connectivity index (χ3n) is 23.9. The number of Topliss-reactive ketones (excluding diaryl/α,β-unsaturated/α-hetero) is 1. The molecular formula is C83H107N11O25S3. The number of ether oxygens (including phenoxy) is 4. The number of aliphatic hydroxyl groups excluding tert-OH is 2. The Bertz CT molecular complexity index is 4920. The number of carboxylic acid groups (broad SMARTS) is 3. The van der Waals surface area contributed by atoms with Crippen LogP contribution in [0.4, 0.5) is 5.69 Å². The summed E-state index contributed by atoms with van der Waals surface area (Å²) >= 11 is 2.77. The first-order valence-corrected chi connectivity index (χ1v) is 42.7. The van der Waals surface area contributed by atoms with E-state index in [2.05, 4.69) is 26.0 Å². The van der Waals surface area contributed by atoms with Crippen molar-refractivity contribution in [2.45, 2.75) is 206 Å². The first-order valence-electron chi connectivity index (χ1n) is 39.4. The molecule has 36 nitrogen and oxygen atoms in total. The number of aliphatic hydroxyl groups is 2. The van der Waals surface area contributed by atoms with Gasteiger partial charge in [0.15, 0.2) is 15.6 Å². The molecule has 0 aromatic heterocycles. The number of piperazine rings is 1. The molecule has 10 heterocycles. The van der Waals surface area contributed by atoms with Gasteiger partial charge < -0.3 is 107 Å². The summed E-state index contributed by atoms with van der Waals surface area (Å²) in [7, 11) is -0.148. The van der Waals surface area contributed by atoms with Crippen molar-refractivity contribution < 1.29 is 121 Å². The quantitative estimate of drug-likeness (QED) is 0.0293. The van der Waals surface area contributed by atoms with Crippen LogP contribution in [-0.2, 0) is 72.0 Å². The van der Waals surface area contributed by atoms with Gasteiger partial charge in [-0.15, -0.1) is 23.5 Å². The summed E-state index contributed by atoms with van der Waals surface area (Å²) in [6, 6.07) is 11.5. The van der Waals surface area contributed by atoms with Gasteiger partial charge in [-0.1, -0.05) is 107 Å². The Balaban J connectivity index is 0.000000200. The van der Waals surface area contributed by atoms with Crippen LogP contribution in [0.15, 0.2) is 102 Å². The maximum Gasteiger partial charge on any atom is 0.328 e. The zero-order valence-electron chi connectivity index (χ0n) is 70.2. The zero-order chi connectivity index (χ0) is 90.6. The van der Waals surface area contributed by atoms with Crippen molar-refractivity contribution in [3.63, 3.8) is 0 Å². The van der Waals surface area contributed by atoms with E-state index in [9.17, 15) is 96.9 Å². The Morgan fingerprint density at radius 2 is 1.18 bits per heavy atom. The Hall–Kier alpha value is -10.4. The number of carbonyl (C=O) groups is 11. The van der Waals surface area contributed by atoms with Crippen molar-refractivity contribution in [2.24, 2.45) is 40.2 Å². The second-order valence-corrected chi connectivity index (χ2v) is 39.6. The fourth-order valence-electron chi connectivity index (χ4n) is 16.6. The minimum absolute atomic E-state index is 0.0559. The number of thioether (sulfide) groups is 2. The van der Waals surface area contributed by atoms with Crippen molar-refractivity contribution in [1.29, 1.82) is 0 Å². The number of benzene rings is 4. The summed E-state index contributed by atoms with van der Waals surface area (Å²) in [5, 5.41) is 98.2. The lowest BCUT2D eigenvalue weighted by molar-refractivity contribution is -0.161. The van der Waals surface area contributed by atoms with Crippen molar-refractivity contribution in [3.8, 4) is 23.0 Å². The number of ketones is 1. The van der Waals surface area contributed by atoms with Gasteiger partial charge in [0.1, 0.15) is 81.8 Å². The smallest absolute Gasteiger partial charge is 0.328 e. The number of phenols is 3. The molecule has 7 fully saturated rings. The Kier molecular flexibility index (Phi) is 27.8. The van der Waals surface area contributed by atoms with E-state index < -0.39 is 196 Å². The number of nitrogens with two attached hydrogens (primary N) is 2. The SMILES string of the molecule is CC1(C)S[C@@H]2[C@H](NC(=O)[C@H](N)c3ccccc3)C(=O)N2[C@H]1C(=O)O.CC1(C)S[C@@H]2[C@H](NC(=O)[C@H](N)c3ccccc3)C(=O)N2[C@H]1C(=O)O.CC1(C)[C@H](C(=O)O)N2C(=O)C[C@H]2S1(=O)=O.CO[C@H]1/C=C/O[C@@]2(C)Oc3c(C)c(O)c4c(O)c(c(/C=N\N5CCN(C)CC5)c(O)c4c3C2=O)NC(=O)/C(C)=C\C=C\[C@@H](C)[C@@H](O)[C@@H](C)[C@H](O)[C@H](C)[C@H](OC(C)=O)[C@@H]1C. The summed E-state index contributed by atoms with van der Waals surface area (Å²) < 4.78 is 44.7. The molecule has 15 N–H and O–H groups in total. The molecular weight excluding hydrogens is 1650 g/mol. The standard InChI is InChI=1S/C43H58N4O12.2C16H19N3O4S.C8H11NO5S/c1-21-12-11-13-22(2)42(55)45-33-28(20-44-47-17-15-46(9)16-18-47)37(52)30-31(38(33)53)36(51)26(6)40-32(30)41(54)43(8,59-40)57-19-14-29(56-10)23(3)39(58-27(7)48)25(5)35(50)24(4)34(21)49;2*1-16(2)11(15(22)23)19-13(21)10(14(19)24-16)18-12(20)9(17)8-6-4-3-5-7-8;1-8(2)6(7(11)12)9-4(10)3-5(9)15(8,13)14/h11-14,19-21,23-25,29,34-35,39,49-53H,15-18H2,1-10H3,(H,45,55);2*3-7,9-11,14H,17H2,1-2H3,(H,18,20)(H,22,23);5-6H,3H2,1-2H3,(H,11,12)/b12-11+,19-14+,22-13-,44-20-;;;/t21-,23-,24-,25+,29+,34-,35+,39-,43+;2*9-,10-,11+,14-;5-,6+/m1111/s1. The number of nitrogens with one attached hydrogen (secondary N) is 3. The molecule has 39 heteroatoms. The van der Waals surface area contributed by atoms with Gasteiger partial charge in [0.25, 0.3) is 11.7 Å². The van der Waals surface area contributed by atoms with Crippen LogP contribution in [0.25, 0.3) is 10.8 Å². The third kappa shape index (κ3) is 17.8. The number of phenolic OH excluding ortho intramolecular Hbond substituents is 3. The number of allylic oxidation sites excluding steroid dienone is 2. The molecule has 14 rings (SSSR count). The molecule has 7 saturated heterocycles. The topological polar surface area (TPSA) is 537 Å². The van der Waals surface area contributed by atoms with Crippen LogP contribution in [0.5, 0.6) is 23.0 Å². The van der Waals surface area contributed by atoms with E-state index in [1.807, 2.05) is 19.2 Å². The lowest BCUT2D eigenvalue weighted by Crippen LogP contribution is -2.71. The molecule has 4 aromatic carbocycles. The molecule has 5 bridgehead atoms. The monoisotopic (exact) mass is 1750 g/mol. The number of hydrogen-bond donors (Lipinski definition) is 13. The number of carboxylic acids is 3. The van der Waals surface area contributed by atoms with Crippen molar-refractivity contribution >= 4 is 121 Å². The highest BCUT2D eigenvalue weighted by Crippen LogP contribution is 2.57. The third-order valence-corrected chi connectivity index (χ3v) is 29.8. The van der Waals surface area contributed by atoms with E-state index in [-0.39, 0.29) is 73.5 Å². The fraction of sp³-hybridized carbons (Fsp3) is 0.518. The van der Waals surface area contributed by atoms with E-state index in [1.54, 1.807) is 121 Å². The number of likely N-dealkylation sites (N-methyl/N-ethyl adjacent to an activating group) is 1. The van der Waals surface area contributed by atoms with Crippen molar-refractivity contribution in [3.05, 3.63) is 125 Å². The second-order valence-electron chi connectivity index (χ2n) is 33.4. The summed E-state index contributed by atoms with van der Waals surface area (Å²) in [6.45, 7) is 25.0. The van der Waals surface area contributed by atoms with Gasteiger partial charge in [-0.2, -0.15) is 5.10 Å². The van der Waals surface area contributed by atoms with E-state index in [1.165, 1.54) is 107 Å². The molecule has 19 atom stereocenters. The van der Waals surface area contributed by atoms with Crippen LogP contribution >= 0.6 is 23.5 Å². The highest BCUT2D eigenvalue weighted by Gasteiger charge is 2.69. The lowest BCUT2D eigenvalue weighted by atomic mass is 9.78. The molecule has 0 spiro atoms. The number of hydrazone groups is 1. The van der Waals surface area contributed by atoms with E-state index in [4.69, 9.17) is 35.5 Å². The van der Waals surface area contributed by atoms with Gasteiger partial charge in [0.2, 0.25) is 29.5 Å². The number of fused-ring (bicyclic) bond motifs is 17. The number of sulfone groups is 1. The maximum absolute atomic E-state index is 14.4. The highest BCUT2D eigenvalue weighted by atomic mass is 32.2. The minimum Gasteiger partial charge on any atom is -0.507 e. The van der Waals surface area contributed by atoms with Crippen LogP contribution in [0, 0.1) is 30.6 Å². The minimum atomic E-state index is -3.57. The number of rotatable bonds is 13. The van der Waals surface area contributed by atoms with Gasteiger partial charge in [0, 0.05) is 96.8 Å². The molecule has 122 heavy (non-hydrogen) atoms. The molecule has 662 valence electrons. The molecule has 0 aliphatic carbocycles. The Morgan fingerprint density at radius 1 is 0.680 bits per heavy atom.